The number of hydrogen-bond donors (Lipinski definition) is 1. The van der Waals surface area contributed by atoms with Gasteiger partial charge in [0.2, 0.25) is 0 Å². The normalized spacial score (nSPS) is 13.8. The van der Waals surface area contributed by atoms with E-state index in [1.165, 1.54) is 0 Å². The van der Waals surface area contributed by atoms with Crippen LogP contribution in [0.25, 0.3) is 11.0 Å². The van der Waals surface area contributed by atoms with Crippen molar-refractivity contribution in [2.45, 2.75) is 52.6 Å². The number of rotatable bonds is 8. The molecule has 0 aliphatic rings. The van der Waals surface area contributed by atoms with Crippen molar-refractivity contribution in [2.75, 3.05) is 6.54 Å². The van der Waals surface area contributed by atoms with Crippen LogP contribution in [0, 0.1) is 5.92 Å². The molecule has 3 rings (SSSR count). The fraction of sp³-hybridized carbons (Fsp3) is 0.385. The van der Waals surface area contributed by atoms with Crippen molar-refractivity contribution >= 4 is 16.8 Å². The Labute approximate surface area is 183 Å². The molecule has 0 spiro atoms. The maximum atomic E-state index is 13.1. The molecule has 0 aliphatic heterocycles. The number of hydrogen-bond acceptors (Lipinski definition) is 5. The minimum atomic E-state index is -0.625. The van der Waals surface area contributed by atoms with Gasteiger partial charge in [0, 0.05) is 30.5 Å². The number of carbonyl (C=O) groups excluding carboxylic acids is 1. The molecule has 5 heteroatoms. The summed E-state index contributed by atoms with van der Waals surface area (Å²) in [6.45, 7) is 10.4. The fourth-order valence-electron chi connectivity index (χ4n) is 4.40. The third-order valence-electron chi connectivity index (χ3n) is 5.95. The lowest BCUT2D eigenvalue weighted by atomic mass is 9.78. The van der Waals surface area contributed by atoms with Gasteiger partial charge in [-0.3, -0.25) is 9.69 Å². The lowest BCUT2D eigenvalue weighted by molar-refractivity contribution is -0.122. The van der Waals surface area contributed by atoms with Crippen LogP contribution in [0.2, 0.25) is 0 Å². The highest BCUT2D eigenvalue weighted by Gasteiger charge is 2.36. The summed E-state index contributed by atoms with van der Waals surface area (Å²) < 4.78 is 5.57. The highest BCUT2D eigenvalue weighted by molar-refractivity contribution is 5.86. The zero-order valence-corrected chi connectivity index (χ0v) is 18.8. The Morgan fingerprint density at radius 2 is 1.55 bits per heavy atom. The molecular weight excluding hydrogens is 390 g/mol. The predicted octanol–water partition coefficient (Wildman–Crippen LogP) is 4.95. The van der Waals surface area contributed by atoms with Crippen LogP contribution in [-0.2, 0) is 4.79 Å². The minimum Gasteiger partial charge on any atom is -0.507 e. The van der Waals surface area contributed by atoms with E-state index in [-0.39, 0.29) is 29.2 Å². The lowest BCUT2D eigenvalue weighted by Gasteiger charge is -2.36. The molecule has 1 N–H and O–H groups in total. The van der Waals surface area contributed by atoms with Crippen molar-refractivity contribution in [3.8, 4) is 5.75 Å². The summed E-state index contributed by atoms with van der Waals surface area (Å²) >= 11 is 0. The molecule has 1 heterocycles. The molecule has 164 valence electrons. The van der Waals surface area contributed by atoms with Crippen molar-refractivity contribution in [2.24, 2.45) is 5.92 Å². The fourth-order valence-corrected chi connectivity index (χ4v) is 4.40. The molecule has 0 radical (unpaired) electrons. The van der Waals surface area contributed by atoms with E-state index in [1.54, 1.807) is 31.2 Å². The number of Topliss-reactive ketones (excluding diaryl/α,β-unsaturated/α-hetero) is 1. The molecule has 5 nitrogen and oxygen atoms in total. The van der Waals surface area contributed by atoms with E-state index in [2.05, 4.69) is 32.6 Å². The van der Waals surface area contributed by atoms with E-state index < -0.39 is 17.5 Å². The van der Waals surface area contributed by atoms with E-state index >= 15 is 0 Å². The van der Waals surface area contributed by atoms with Gasteiger partial charge in [-0.1, -0.05) is 42.5 Å². The number of carbonyl (C=O) groups is 1. The Hall–Kier alpha value is -2.92. The lowest BCUT2D eigenvalue weighted by Crippen LogP contribution is -2.44. The molecule has 1 aromatic heterocycles. The topological polar surface area (TPSA) is 70.8 Å². The average molecular weight is 422 g/mol. The summed E-state index contributed by atoms with van der Waals surface area (Å²) in [7, 11) is 0. The molecule has 0 aliphatic carbocycles. The van der Waals surface area contributed by atoms with Crippen molar-refractivity contribution in [3.05, 3.63) is 76.1 Å². The van der Waals surface area contributed by atoms with E-state index in [0.717, 1.165) is 5.56 Å². The van der Waals surface area contributed by atoms with E-state index in [0.29, 0.717) is 17.5 Å². The number of nitrogens with zero attached hydrogens (tertiary/aromatic N) is 1. The maximum Gasteiger partial charge on any atom is 0.343 e. The van der Waals surface area contributed by atoms with Gasteiger partial charge in [0.15, 0.2) is 0 Å². The molecule has 0 amide bonds. The van der Waals surface area contributed by atoms with Gasteiger partial charge in [-0.25, -0.2) is 4.79 Å². The van der Waals surface area contributed by atoms with Crippen molar-refractivity contribution < 1.29 is 14.3 Å². The molecule has 2 atom stereocenters. The van der Waals surface area contributed by atoms with Crippen LogP contribution in [0.1, 0.15) is 51.7 Å². The third-order valence-corrected chi connectivity index (χ3v) is 5.95. The molecule has 0 unspecified atom stereocenters. The molecule has 0 saturated heterocycles. The Kier molecular flexibility index (Phi) is 6.96. The van der Waals surface area contributed by atoms with Crippen LogP contribution in [0.3, 0.4) is 0 Å². The molecule has 0 fully saturated rings. The Bertz CT molecular complexity index is 1090. The van der Waals surface area contributed by atoms with Crippen LogP contribution in [-0.4, -0.2) is 34.4 Å². The average Bonchev–Trinajstić information content (AvgIpc) is 2.72. The zero-order valence-electron chi connectivity index (χ0n) is 18.8. The monoisotopic (exact) mass is 421 g/mol. The van der Waals surface area contributed by atoms with Gasteiger partial charge >= 0.3 is 5.63 Å². The summed E-state index contributed by atoms with van der Waals surface area (Å²) in [6.07, 6.45) is 0. The summed E-state index contributed by atoms with van der Waals surface area (Å²) in [4.78, 5) is 28.3. The number of benzene rings is 2. The highest BCUT2D eigenvalue weighted by Crippen LogP contribution is 2.39. The van der Waals surface area contributed by atoms with Crippen LogP contribution in [0.5, 0.6) is 5.75 Å². The van der Waals surface area contributed by atoms with Crippen molar-refractivity contribution in [1.82, 2.24) is 4.90 Å². The molecular formula is C26H31NO4. The van der Waals surface area contributed by atoms with Gasteiger partial charge in [0.25, 0.3) is 0 Å². The summed E-state index contributed by atoms with van der Waals surface area (Å²) in [5, 5.41) is 11.6. The Balaban J connectivity index is 2.25. The number of fused-ring (bicyclic) bond motifs is 1. The van der Waals surface area contributed by atoms with E-state index in [9.17, 15) is 14.7 Å². The Morgan fingerprint density at radius 3 is 2.13 bits per heavy atom. The van der Waals surface area contributed by atoms with Gasteiger partial charge in [-0.2, -0.15) is 0 Å². The highest BCUT2D eigenvalue weighted by atomic mass is 16.4. The van der Waals surface area contributed by atoms with Crippen LogP contribution >= 0.6 is 0 Å². The molecule has 3 aromatic rings. The summed E-state index contributed by atoms with van der Waals surface area (Å²) in [5.74, 6) is -1.30. The number of ketones is 1. The molecule has 31 heavy (non-hydrogen) atoms. The zero-order chi connectivity index (χ0) is 22.7. The van der Waals surface area contributed by atoms with Gasteiger partial charge in [0.05, 0.1) is 10.9 Å². The van der Waals surface area contributed by atoms with Gasteiger partial charge in [0.1, 0.15) is 17.1 Å². The molecule has 2 aromatic carbocycles. The second-order valence-corrected chi connectivity index (χ2v) is 8.64. The SMILES string of the molecule is CC(=O)[C@@H](CN(C(C)C)C(C)C)[C@H](c1ccccc1)c1c(O)c2ccccc2oc1=O. The van der Waals surface area contributed by atoms with Gasteiger partial charge < -0.3 is 9.52 Å². The maximum absolute atomic E-state index is 13.1. The molecule has 0 bridgehead atoms. The first-order valence-electron chi connectivity index (χ1n) is 10.8. The first kappa shape index (κ1) is 22.8. The van der Waals surface area contributed by atoms with Gasteiger partial charge in [-0.05, 0) is 52.3 Å². The van der Waals surface area contributed by atoms with Crippen LogP contribution in [0.15, 0.2) is 63.8 Å². The van der Waals surface area contributed by atoms with Gasteiger partial charge in [-0.15, -0.1) is 0 Å². The largest absolute Gasteiger partial charge is 0.507 e. The predicted molar refractivity (Wildman–Crippen MR) is 124 cm³/mol. The van der Waals surface area contributed by atoms with Crippen LogP contribution in [0.4, 0.5) is 0 Å². The minimum absolute atomic E-state index is 0.0351. The smallest absolute Gasteiger partial charge is 0.343 e. The number of aromatic hydroxyl groups is 1. The molecule has 0 saturated carbocycles. The summed E-state index contributed by atoms with van der Waals surface area (Å²) in [5.41, 5.74) is 0.647. The third kappa shape index (κ3) is 4.72. The number of para-hydroxylation sites is 1. The van der Waals surface area contributed by atoms with E-state index in [1.807, 2.05) is 30.3 Å². The first-order valence-corrected chi connectivity index (χ1v) is 10.8. The standard InChI is InChI=1S/C26H31NO4/c1-16(2)27(17(3)4)15-21(18(5)28)23(19-11-7-6-8-12-19)24-25(29)20-13-9-10-14-22(20)31-26(24)30/h6-14,16-17,21,23,29H,15H2,1-5H3/t21-,23+/m1/s1. The first-order chi connectivity index (χ1) is 14.7. The second kappa shape index (κ2) is 9.48. The quantitative estimate of drug-likeness (QED) is 0.521. The Morgan fingerprint density at radius 1 is 0.968 bits per heavy atom. The second-order valence-electron chi connectivity index (χ2n) is 8.64. The van der Waals surface area contributed by atoms with Crippen LogP contribution < -0.4 is 5.63 Å². The van der Waals surface area contributed by atoms with Crippen molar-refractivity contribution in [1.29, 1.82) is 0 Å². The summed E-state index contributed by atoms with van der Waals surface area (Å²) in [6, 6.07) is 16.8. The van der Waals surface area contributed by atoms with Crippen molar-refractivity contribution in [3.63, 3.8) is 0 Å². The van der Waals surface area contributed by atoms with E-state index in [4.69, 9.17) is 4.42 Å².